The molecule has 0 atom stereocenters. The van der Waals surface area contributed by atoms with E-state index in [-0.39, 0.29) is 29.7 Å². The van der Waals surface area contributed by atoms with Crippen LogP contribution in [0.25, 0.3) is 10.2 Å². The Kier molecular flexibility index (Phi) is 4.94. The summed E-state index contributed by atoms with van der Waals surface area (Å²) in [5, 5.41) is 2.44. The molecule has 0 radical (unpaired) electrons. The third-order valence-electron chi connectivity index (χ3n) is 4.47. The maximum absolute atomic E-state index is 12.3. The van der Waals surface area contributed by atoms with Gasteiger partial charge >= 0.3 is 0 Å². The zero-order valence-electron chi connectivity index (χ0n) is 13.3. The zero-order chi connectivity index (χ0) is 17.1. The summed E-state index contributed by atoms with van der Waals surface area (Å²) in [6, 6.07) is 1.76. The minimum Gasteiger partial charge on any atom is -0.370 e. The Bertz CT molecular complexity index is 805. The van der Waals surface area contributed by atoms with Gasteiger partial charge in [-0.1, -0.05) is 0 Å². The molecule has 0 spiro atoms. The van der Waals surface area contributed by atoms with Gasteiger partial charge in [0.15, 0.2) is 0 Å². The lowest BCUT2D eigenvalue weighted by atomic mass is 9.93. The predicted octanol–water partition coefficient (Wildman–Crippen LogP) is 0.962. The van der Waals surface area contributed by atoms with Gasteiger partial charge in [0.05, 0.1) is 11.7 Å². The van der Waals surface area contributed by atoms with Crippen LogP contribution in [0.2, 0.25) is 0 Å². The number of carbonyl (C=O) groups excluding carboxylic acids is 2. The first-order chi connectivity index (χ1) is 11.5. The van der Waals surface area contributed by atoms with E-state index in [1.807, 2.05) is 5.38 Å². The van der Waals surface area contributed by atoms with Crippen LogP contribution in [0.15, 0.2) is 22.6 Å². The Morgan fingerprint density at radius 1 is 1.33 bits per heavy atom. The molecular weight excluding hydrogens is 328 g/mol. The summed E-state index contributed by atoms with van der Waals surface area (Å²) in [5.41, 5.74) is 5.12. The number of aryl methyl sites for hydroxylation is 1. The van der Waals surface area contributed by atoms with Crippen LogP contribution < -0.4 is 11.3 Å². The first-order valence-corrected chi connectivity index (χ1v) is 8.91. The Labute approximate surface area is 143 Å². The molecule has 3 rings (SSSR count). The monoisotopic (exact) mass is 348 g/mol. The predicted molar refractivity (Wildman–Crippen MR) is 91.6 cm³/mol. The molecule has 0 aliphatic carbocycles. The molecule has 2 aromatic rings. The number of piperidine rings is 1. The summed E-state index contributed by atoms with van der Waals surface area (Å²) in [5.74, 6) is 0.0275. The highest BCUT2D eigenvalue weighted by molar-refractivity contribution is 7.16. The van der Waals surface area contributed by atoms with Gasteiger partial charge in [-0.15, -0.1) is 11.3 Å². The summed E-state index contributed by atoms with van der Waals surface area (Å²) in [6.45, 7) is 1.62. The average molecular weight is 348 g/mol. The molecule has 2 aromatic heterocycles. The van der Waals surface area contributed by atoms with Gasteiger partial charge in [-0.3, -0.25) is 19.0 Å². The molecule has 1 aliphatic rings. The number of aromatic nitrogens is 2. The van der Waals surface area contributed by atoms with Crippen LogP contribution in [0, 0.1) is 5.92 Å². The molecule has 2 N–H and O–H groups in total. The number of likely N-dealkylation sites (tertiary alicyclic amines) is 1. The third-order valence-corrected chi connectivity index (χ3v) is 5.29. The fraction of sp³-hybridized carbons (Fsp3) is 0.500. The number of primary amides is 1. The first-order valence-electron chi connectivity index (χ1n) is 8.03. The van der Waals surface area contributed by atoms with Gasteiger partial charge in [0.25, 0.3) is 5.56 Å². The number of carbonyl (C=O) groups is 2. The summed E-state index contributed by atoms with van der Waals surface area (Å²) in [4.78, 5) is 42.3. The number of hydrogen-bond donors (Lipinski definition) is 1. The van der Waals surface area contributed by atoms with E-state index < -0.39 is 0 Å². The smallest absolute Gasteiger partial charge is 0.262 e. The lowest BCUT2D eigenvalue weighted by Crippen LogP contribution is -2.39. The average Bonchev–Trinajstić information content (AvgIpc) is 3.03. The molecule has 8 heteroatoms. The van der Waals surface area contributed by atoms with E-state index in [4.69, 9.17) is 5.73 Å². The van der Waals surface area contributed by atoms with Gasteiger partial charge in [0.2, 0.25) is 11.8 Å². The molecule has 0 saturated carbocycles. The van der Waals surface area contributed by atoms with Gasteiger partial charge in [-0.25, -0.2) is 4.98 Å². The van der Waals surface area contributed by atoms with Gasteiger partial charge in [0.1, 0.15) is 4.83 Å². The van der Waals surface area contributed by atoms with Crippen molar-refractivity contribution in [1.82, 2.24) is 14.5 Å². The number of nitrogens with two attached hydrogens (primary N) is 1. The first kappa shape index (κ1) is 16.6. The second-order valence-electron chi connectivity index (χ2n) is 6.13. The van der Waals surface area contributed by atoms with Crippen molar-refractivity contribution in [1.29, 1.82) is 0 Å². The molecule has 3 heterocycles. The second-order valence-corrected chi connectivity index (χ2v) is 7.02. The van der Waals surface area contributed by atoms with Crippen LogP contribution in [0.3, 0.4) is 0 Å². The summed E-state index contributed by atoms with van der Waals surface area (Å²) in [6.07, 6.45) is 3.78. The highest BCUT2D eigenvalue weighted by Crippen LogP contribution is 2.20. The Balaban J connectivity index is 1.55. The number of nitrogens with zero attached hydrogens (tertiary/aromatic N) is 3. The number of rotatable bonds is 5. The van der Waals surface area contributed by atoms with Crippen LogP contribution in [-0.4, -0.2) is 39.4 Å². The number of thiophene rings is 1. The molecular formula is C16H20N4O3S. The highest BCUT2D eigenvalue weighted by atomic mass is 32.1. The maximum Gasteiger partial charge on any atom is 0.262 e. The van der Waals surface area contributed by atoms with Crippen LogP contribution in [-0.2, 0) is 16.1 Å². The number of hydrogen-bond acceptors (Lipinski definition) is 5. The highest BCUT2D eigenvalue weighted by Gasteiger charge is 2.23. The lowest BCUT2D eigenvalue weighted by molar-refractivity contribution is -0.132. The molecule has 1 fully saturated rings. The van der Waals surface area contributed by atoms with E-state index in [1.54, 1.807) is 11.0 Å². The van der Waals surface area contributed by atoms with E-state index in [0.717, 1.165) is 17.7 Å². The van der Waals surface area contributed by atoms with Crippen LogP contribution >= 0.6 is 11.3 Å². The molecule has 1 saturated heterocycles. The topological polar surface area (TPSA) is 98.3 Å². The van der Waals surface area contributed by atoms with E-state index >= 15 is 0 Å². The van der Waals surface area contributed by atoms with Crippen molar-refractivity contribution in [2.45, 2.75) is 32.2 Å². The van der Waals surface area contributed by atoms with Crippen molar-refractivity contribution >= 4 is 33.4 Å². The van der Waals surface area contributed by atoms with Gasteiger partial charge < -0.3 is 10.6 Å². The Morgan fingerprint density at radius 2 is 2.08 bits per heavy atom. The van der Waals surface area contributed by atoms with Gasteiger partial charge in [-0.2, -0.15) is 0 Å². The summed E-state index contributed by atoms with van der Waals surface area (Å²) < 4.78 is 1.49. The van der Waals surface area contributed by atoms with Crippen molar-refractivity contribution in [2.75, 3.05) is 13.1 Å². The van der Waals surface area contributed by atoms with Crippen molar-refractivity contribution < 1.29 is 9.59 Å². The standard InChI is InChI=1S/C16H20N4O3S/c17-13(21)9-11-1-5-19(6-2-11)14(22)3-7-20-10-18-15-12(16(20)23)4-8-24-15/h4,8,10-11H,1-3,5-7,9H2,(H2,17,21). The Hall–Kier alpha value is -2.22. The fourth-order valence-corrected chi connectivity index (χ4v) is 3.82. The van der Waals surface area contributed by atoms with Crippen molar-refractivity contribution in [2.24, 2.45) is 11.7 Å². The molecule has 0 unspecified atom stereocenters. The summed E-state index contributed by atoms with van der Waals surface area (Å²) in [7, 11) is 0. The minimum absolute atomic E-state index is 0.0323. The quantitative estimate of drug-likeness (QED) is 0.870. The van der Waals surface area contributed by atoms with E-state index in [2.05, 4.69) is 4.98 Å². The van der Waals surface area contributed by atoms with E-state index in [9.17, 15) is 14.4 Å². The molecule has 7 nitrogen and oxygen atoms in total. The zero-order valence-corrected chi connectivity index (χ0v) is 14.1. The molecule has 2 amide bonds. The molecule has 0 bridgehead atoms. The van der Waals surface area contributed by atoms with Crippen molar-refractivity contribution in [3.63, 3.8) is 0 Å². The van der Waals surface area contributed by atoms with Crippen LogP contribution in [0.4, 0.5) is 0 Å². The fourth-order valence-electron chi connectivity index (χ4n) is 3.10. The number of amides is 2. The van der Waals surface area contributed by atoms with E-state index in [0.29, 0.717) is 31.4 Å². The van der Waals surface area contributed by atoms with Crippen LogP contribution in [0.1, 0.15) is 25.7 Å². The normalized spacial score (nSPS) is 15.8. The van der Waals surface area contributed by atoms with Crippen molar-refractivity contribution in [3.8, 4) is 0 Å². The van der Waals surface area contributed by atoms with E-state index in [1.165, 1.54) is 22.2 Å². The summed E-state index contributed by atoms with van der Waals surface area (Å²) >= 11 is 1.43. The largest absolute Gasteiger partial charge is 0.370 e. The van der Waals surface area contributed by atoms with Crippen molar-refractivity contribution in [3.05, 3.63) is 28.1 Å². The third kappa shape index (κ3) is 3.64. The SMILES string of the molecule is NC(=O)CC1CCN(C(=O)CCn2cnc3sccc3c2=O)CC1. The Morgan fingerprint density at radius 3 is 2.79 bits per heavy atom. The molecule has 0 aromatic carbocycles. The van der Waals surface area contributed by atoms with Gasteiger partial charge in [-0.05, 0) is 30.2 Å². The maximum atomic E-state index is 12.3. The molecule has 1 aliphatic heterocycles. The lowest BCUT2D eigenvalue weighted by Gasteiger charge is -2.31. The minimum atomic E-state index is -0.282. The molecule has 24 heavy (non-hydrogen) atoms. The molecule has 128 valence electrons. The van der Waals surface area contributed by atoms with Gasteiger partial charge in [0, 0.05) is 32.5 Å². The number of fused-ring (bicyclic) bond motifs is 1. The van der Waals surface area contributed by atoms with Crippen LogP contribution in [0.5, 0.6) is 0 Å². The second kappa shape index (κ2) is 7.12.